The van der Waals surface area contributed by atoms with E-state index in [0.29, 0.717) is 5.56 Å². The Morgan fingerprint density at radius 1 is 1.47 bits per heavy atom. The zero-order valence-corrected chi connectivity index (χ0v) is 10.6. The maximum Gasteiger partial charge on any atom is 0.251 e. The molecule has 0 unspecified atom stereocenters. The second-order valence-corrected chi connectivity index (χ2v) is 5.45. The van der Waals surface area contributed by atoms with Gasteiger partial charge < -0.3 is 9.88 Å². The number of hydrogen-bond acceptors (Lipinski definition) is 3. The molecule has 2 rings (SSSR count). The number of pyridine rings is 1. The van der Waals surface area contributed by atoms with Crippen LogP contribution in [-0.2, 0) is 7.05 Å². The van der Waals surface area contributed by atoms with Crippen molar-refractivity contribution in [3.63, 3.8) is 0 Å². The van der Waals surface area contributed by atoms with Crippen molar-refractivity contribution in [1.29, 1.82) is 0 Å². The van der Waals surface area contributed by atoms with Gasteiger partial charge in [-0.05, 0) is 30.4 Å². The quantitative estimate of drug-likeness (QED) is 0.854. The summed E-state index contributed by atoms with van der Waals surface area (Å²) in [4.78, 5) is 23.3. The molecule has 1 amide bonds. The van der Waals surface area contributed by atoms with Gasteiger partial charge in [0.15, 0.2) is 0 Å². The Kier molecular flexibility index (Phi) is 3.89. The van der Waals surface area contributed by atoms with E-state index >= 15 is 0 Å². The number of carbonyl (C=O) groups is 1. The monoisotopic (exact) mass is 252 g/mol. The van der Waals surface area contributed by atoms with E-state index in [2.05, 4.69) is 5.32 Å². The van der Waals surface area contributed by atoms with Crippen molar-refractivity contribution in [3.8, 4) is 0 Å². The van der Waals surface area contributed by atoms with Crippen molar-refractivity contribution in [2.75, 3.05) is 11.5 Å². The van der Waals surface area contributed by atoms with E-state index in [4.69, 9.17) is 0 Å². The first-order valence-electron chi connectivity index (χ1n) is 5.72. The number of rotatable bonds is 2. The highest BCUT2D eigenvalue weighted by Gasteiger charge is 2.16. The summed E-state index contributed by atoms with van der Waals surface area (Å²) in [5, 5.41) is 2.98. The van der Waals surface area contributed by atoms with Crippen LogP contribution in [0.2, 0.25) is 0 Å². The average molecular weight is 252 g/mol. The number of thioether (sulfide) groups is 1. The van der Waals surface area contributed by atoms with Gasteiger partial charge in [-0.3, -0.25) is 9.59 Å². The highest BCUT2D eigenvalue weighted by Crippen LogP contribution is 2.17. The van der Waals surface area contributed by atoms with Gasteiger partial charge in [0.05, 0.1) is 0 Å². The molecule has 92 valence electrons. The largest absolute Gasteiger partial charge is 0.349 e. The van der Waals surface area contributed by atoms with Gasteiger partial charge in [-0.1, -0.05) is 0 Å². The number of carbonyl (C=O) groups excluding carboxylic acids is 1. The molecule has 0 aliphatic carbocycles. The Morgan fingerprint density at radius 2 is 2.18 bits per heavy atom. The maximum absolute atomic E-state index is 11.9. The second kappa shape index (κ2) is 5.40. The van der Waals surface area contributed by atoms with Crippen molar-refractivity contribution in [2.24, 2.45) is 7.05 Å². The molecule has 4 nitrogen and oxygen atoms in total. The standard InChI is InChI=1S/C12H16N2O2S/c1-14-5-2-9(8-11(14)15)12(16)13-10-3-6-17-7-4-10/h2,5,8,10H,3-4,6-7H2,1H3,(H,13,16). The molecule has 1 aliphatic heterocycles. The number of nitrogens with one attached hydrogen (secondary N) is 1. The van der Waals surface area contributed by atoms with E-state index in [1.165, 1.54) is 10.6 Å². The minimum atomic E-state index is -0.156. The lowest BCUT2D eigenvalue weighted by Gasteiger charge is -2.22. The van der Waals surface area contributed by atoms with E-state index in [1.807, 2.05) is 11.8 Å². The third-order valence-electron chi connectivity index (χ3n) is 2.92. The van der Waals surface area contributed by atoms with Gasteiger partial charge >= 0.3 is 0 Å². The van der Waals surface area contributed by atoms with Gasteiger partial charge in [0.25, 0.3) is 11.5 Å². The summed E-state index contributed by atoms with van der Waals surface area (Å²) in [5.41, 5.74) is 0.295. The zero-order valence-electron chi connectivity index (χ0n) is 9.81. The third-order valence-corrected chi connectivity index (χ3v) is 3.97. The highest BCUT2D eigenvalue weighted by atomic mass is 32.2. The molecule has 0 bridgehead atoms. The van der Waals surface area contributed by atoms with Gasteiger partial charge in [-0.25, -0.2) is 0 Å². The number of nitrogens with zero attached hydrogens (tertiary/aromatic N) is 1. The molecule has 1 saturated heterocycles. The molecule has 0 atom stereocenters. The molecule has 1 aromatic rings. The molecule has 0 saturated carbocycles. The van der Waals surface area contributed by atoms with Crippen LogP contribution in [-0.4, -0.2) is 28.0 Å². The highest BCUT2D eigenvalue weighted by molar-refractivity contribution is 7.99. The second-order valence-electron chi connectivity index (χ2n) is 4.22. The fourth-order valence-electron chi connectivity index (χ4n) is 1.80. The van der Waals surface area contributed by atoms with Crippen LogP contribution in [0.4, 0.5) is 0 Å². The lowest BCUT2D eigenvalue weighted by molar-refractivity contribution is 0.0934. The summed E-state index contributed by atoms with van der Waals surface area (Å²) in [6, 6.07) is 3.31. The summed E-state index contributed by atoms with van der Waals surface area (Å²) < 4.78 is 1.45. The molecule has 17 heavy (non-hydrogen) atoms. The molecule has 2 heterocycles. The number of hydrogen-bond donors (Lipinski definition) is 1. The van der Waals surface area contributed by atoms with E-state index in [-0.39, 0.29) is 17.5 Å². The first-order valence-corrected chi connectivity index (χ1v) is 6.87. The molecule has 0 radical (unpaired) electrons. The van der Waals surface area contributed by atoms with Crippen LogP contribution >= 0.6 is 11.8 Å². The predicted octanol–water partition coefficient (Wildman–Crippen LogP) is 1.01. The van der Waals surface area contributed by atoms with E-state index in [0.717, 1.165) is 24.3 Å². The van der Waals surface area contributed by atoms with Crippen molar-refractivity contribution in [3.05, 3.63) is 34.2 Å². The summed E-state index contributed by atoms with van der Waals surface area (Å²) in [6.45, 7) is 0. The fourth-order valence-corrected chi connectivity index (χ4v) is 2.91. The van der Waals surface area contributed by atoms with Crippen molar-refractivity contribution >= 4 is 17.7 Å². The topological polar surface area (TPSA) is 51.1 Å². The molecule has 0 spiro atoms. The van der Waals surface area contributed by atoms with Crippen LogP contribution < -0.4 is 10.9 Å². The molecular weight excluding hydrogens is 236 g/mol. The van der Waals surface area contributed by atoms with Gasteiger partial charge in [0.1, 0.15) is 0 Å². The summed E-state index contributed by atoms with van der Waals surface area (Å²) >= 11 is 1.92. The van der Waals surface area contributed by atoms with Crippen LogP contribution in [0.3, 0.4) is 0 Å². The van der Waals surface area contributed by atoms with Crippen LogP contribution in [0.25, 0.3) is 0 Å². The minimum absolute atomic E-state index is 0.139. The molecule has 1 aliphatic rings. The zero-order chi connectivity index (χ0) is 12.3. The van der Waals surface area contributed by atoms with Crippen LogP contribution in [0.1, 0.15) is 23.2 Å². The lowest BCUT2D eigenvalue weighted by Crippen LogP contribution is -2.37. The molecular formula is C12H16N2O2S. The lowest BCUT2D eigenvalue weighted by atomic mass is 10.1. The Hall–Kier alpha value is -1.23. The Bertz CT molecular complexity index is 464. The van der Waals surface area contributed by atoms with Crippen molar-refractivity contribution < 1.29 is 4.79 Å². The molecule has 1 aromatic heterocycles. The summed E-state index contributed by atoms with van der Waals surface area (Å²) in [6.07, 6.45) is 3.65. The van der Waals surface area contributed by atoms with Crippen molar-refractivity contribution in [1.82, 2.24) is 9.88 Å². The molecule has 1 fully saturated rings. The van der Waals surface area contributed by atoms with Crippen LogP contribution in [0.5, 0.6) is 0 Å². The molecule has 5 heteroatoms. The first kappa shape index (κ1) is 12.2. The third kappa shape index (κ3) is 3.12. The average Bonchev–Trinajstić information content (AvgIpc) is 2.34. The predicted molar refractivity (Wildman–Crippen MR) is 69.5 cm³/mol. The Morgan fingerprint density at radius 3 is 2.82 bits per heavy atom. The number of amides is 1. The normalized spacial score (nSPS) is 16.8. The first-order chi connectivity index (χ1) is 8.16. The Balaban J connectivity index is 2.03. The number of aromatic nitrogens is 1. The molecule has 1 N–H and O–H groups in total. The van der Waals surface area contributed by atoms with Crippen LogP contribution in [0, 0.1) is 0 Å². The van der Waals surface area contributed by atoms with E-state index in [1.54, 1.807) is 19.3 Å². The van der Waals surface area contributed by atoms with Crippen LogP contribution in [0.15, 0.2) is 23.1 Å². The molecule has 0 aromatic carbocycles. The van der Waals surface area contributed by atoms with Gasteiger partial charge in [0.2, 0.25) is 0 Å². The van der Waals surface area contributed by atoms with Gasteiger partial charge in [-0.2, -0.15) is 11.8 Å². The summed E-state index contributed by atoms with van der Waals surface area (Å²) in [7, 11) is 1.67. The SMILES string of the molecule is Cn1ccc(C(=O)NC2CCSCC2)cc1=O. The van der Waals surface area contributed by atoms with Gasteiger partial charge in [-0.15, -0.1) is 0 Å². The van der Waals surface area contributed by atoms with E-state index < -0.39 is 0 Å². The van der Waals surface area contributed by atoms with Crippen molar-refractivity contribution in [2.45, 2.75) is 18.9 Å². The van der Waals surface area contributed by atoms with E-state index in [9.17, 15) is 9.59 Å². The Labute approximate surface area is 104 Å². The maximum atomic E-state index is 11.9. The van der Waals surface area contributed by atoms with Gasteiger partial charge in [0, 0.05) is 30.9 Å². The fraction of sp³-hybridized carbons (Fsp3) is 0.500. The number of aryl methyl sites for hydroxylation is 1. The minimum Gasteiger partial charge on any atom is -0.349 e. The smallest absolute Gasteiger partial charge is 0.251 e. The summed E-state index contributed by atoms with van der Waals surface area (Å²) in [5.74, 6) is 2.06.